The highest BCUT2D eigenvalue weighted by molar-refractivity contribution is 6.35. The SMILES string of the molecule is COC(=O)[C@H](Cc1cccc2c(-c3c(OC)ccc(CO)c3Cl)cccc12)NC(=O)c1c(C)cccc1F. The summed E-state index contributed by atoms with van der Waals surface area (Å²) in [4.78, 5) is 25.7. The summed E-state index contributed by atoms with van der Waals surface area (Å²) in [5, 5.41) is 14.4. The van der Waals surface area contributed by atoms with Crippen LogP contribution in [-0.4, -0.2) is 37.2 Å². The normalized spacial score (nSPS) is 11.7. The minimum atomic E-state index is -1.06. The largest absolute Gasteiger partial charge is 0.496 e. The Morgan fingerprint density at radius 1 is 0.974 bits per heavy atom. The van der Waals surface area contributed by atoms with Crippen molar-refractivity contribution in [3.05, 3.63) is 99.8 Å². The number of esters is 1. The summed E-state index contributed by atoms with van der Waals surface area (Å²) in [5.41, 5.74) is 3.08. The highest BCUT2D eigenvalue weighted by Crippen LogP contribution is 2.42. The number of hydrogen-bond acceptors (Lipinski definition) is 5. The highest BCUT2D eigenvalue weighted by Gasteiger charge is 2.26. The van der Waals surface area contributed by atoms with E-state index in [1.165, 1.54) is 19.2 Å². The van der Waals surface area contributed by atoms with Crippen molar-refractivity contribution in [3.8, 4) is 16.9 Å². The molecule has 0 aliphatic heterocycles. The number of halogens is 2. The van der Waals surface area contributed by atoms with Crippen LogP contribution in [0.25, 0.3) is 21.9 Å². The van der Waals surface area contributed by atoms with Crippen LogP contribution in [-0.2, 0) is 22.6 Å². The molecule has 0 aliphatic rings. The molecule has 0 saturated carbocycles. The summed E-state index contributed by atoms with van der Waals surface area (Å²) >= 11 is 6.67. The lowest BCUT2D eigenvalue weighted by atomic mass is 9.92. The van der Waals surface area contributed by atoms with Crippen LogP contribution in [0.15, 0.2) is 66.7 Å². The minimum absolute atomic E-state index is 0.105. The smallest absolute Gasteiger partial charge is 0.328 e. The topological polar surface area (TPSA) is 84.9 Å². The molecule has 0 radical (unpaired) electrons. The number of rotatable bonds is 8. The first-order valence-corrected chi connectivity index (χ1v) is 12.3. The van der Waals surface area contributed by atoms with Gasteiger partial charge in [-0.3, -0.25) is 4.79 Å². The monoisotopic (exact) mass is 535 g/mol. The number of fused-ring (bicyclic) bond motifs is 1. The molecule has 8 heteroatoms. The van der Waals surface area contributed by atoms with E-state index in [0.29, 0.717) is 27.5 Å². The molecule has 0 bridgehead atoms. The van der Waals surface area contributed by atoms with Crippen LogP contribution < -0.4 is 10.1 Å². The molecule has 0 aliphatic carbocycles. The Morgan fingerprint density at radius 2 is 1.68 bits per heavy atom. The first kappa shape index (κ1) is 27.1. The number of hydrogen-bond donors (Lipinski definition) is 2. The van der Waals surface area contributed by atoms with E-state index in [1.54, 1.807) is 32.2 Å². The molecule has 38 heavy (non-hydrogen) atoms. The number of aryl methyl sites for hydroxylation is 1. The maximum atomic E-state index is 14.4. The quantitative estimate of drug-likeness (QED) is 0.286. The zero-order valence-electron chi connectivity index (χ0n) is 21.2. The predicted octanol–water partition coefficient (Wildman–Crippen LogP) is 5.62. The van der Waals surface area contributed by atoms with Gasteiger partial charge in [0.15, 0.2) is 0 Å². The molecule has 196 valence electrons. The molecule has 6 nitrogen and oxygen atoms in total. The van der Waals surface area contributed by atoms with E-state index in [0.717, 1.165) is 21.9 Å². The number of methoxy groups -OCH3 is 2. The minimum Gasteiger partial charge on any atom is -0.496 e. The zero-order valence-corrected chi connectivity index (χ0v) is 21.9. The molecule has 1 atom stereocenters. The maximum Gasteiger partial charge on any atom is 0.328 e. The number of carbonyl (C=O) groups excluding carboxylic acids is 2. The molecular weight excluding hydrogens is 509 g/mol. The van der Waals surface area contributed by atoms with Gasteiger partial charge in [0.25, 0.3) is 5.91 Å². The van der Waals surface area contributed by atoms with Crippen molar-refractivity contribution in [2.75, 3.05) is 14.2 Å². The molecule has 0 fully saturated rings. The second kappa shape index (κ2) is 11.6. The Bertz CT molecular complexity index is 1500. The Hall–Kier alpha value is -3.94. The number of carbonyl (C=O) groups is 2. The highest BCUT2D eigenvalue weighted by atomic mass is 35.5. The van der Waals surface area contributed by atoms with E-state index in [9.17, 15) is 19.1 Å². The standard InChI is InChI=1S/C30H27ClFNO5/c1-17-7-4-12-23(32)26(17)29(35)33-24(30(36)38-3)15-18-8-5-10-21-20(18)9-6-11-22(21)27-25(37-2)14-13-19(16-34)28(27)31/h4-14,24,34H,15-16H2,1-3H3,(H,33,35)/t24-/m0/s1. The molecular formula is C30H27ClFNO5. The van der Waals surface area contributed by atoms with Gasteiger partial charge in [-0.15, -0.1) is 0 Å². The summed E-state index contributed by atoms with van der Waals surface area (Å²) in [5.74, 6) is -1.47. The average Bonchev–Trinajstić information content (AvgIpc) is 2.91. The van der Waals surface area contributed by atoms with Gasteiger partial charge in [-0.25, -0.2) is 9.18 Å². The van der Waals surface area contributed by atoms with Gasteiger partial charge in [0.1, 0.15) is 17.6 Å². The third-order valence-electron chi connectivity index (χ3n) is 6.52. The molecule has 0 heterocycles. The second-order valence-electron chi connectivity index (χ2n) is 8.78. The maximum absolute atomic E-state index is 14.4. The number of benzene rings is 4. The van der Waals surface area contributed by atoms with Crippen LogP contribution in [0.2, 0.25) is 5.02 Å². The van der Waals surface area contributed by atoms with E-state index >= 15 is 0 Å². The van der Waals surface area contributed by atoms with Crippen molar-refractivity contribution in [2.45, 2.75) is 26.0 Å². The van der Waals surface area contributed by atoms with Gasteiger partial charge in [-0.05, 0) is 52.1 Å². The lowest BCUT2D eigenvalue weighted by Crippen LogP contribution is -2.43. The fourth-order valence-electron chi connectivity index (χ4n) is 4.62. The average molecular weight is 536 g/mol. The van der Waals surface area contributed by atoms with Crippen molar-refractivity contribution >= 4 is 34.2 Å². The number of amides is 1. The van der Waals surface area contributed by atoms with Crippen LogP contribution in [0.1, 0.15) is 27.0 Å². The fourth-order valence-corrected chi connectivity index (χ4v) is 4.94. The van der Waals surface area contributed by atoms with Gasteiger partial charge in [0, 0.05) is 12.0 Å². The second-order valence-corrected chi connectivity index (χ2v) is 9.15. The van der Waals surface area contributed by atoms with Gasteiger partial charge in [0.2, 0.25) is 0 Å². The van der Waals surface area contributed by atoms with E-state index in [4.69, 9.17) is 21.1 Å². The molecule has 4 aromatic carbocycles. The third kappa shape index (κ3) is 5.21. The molecule has 2 N–H and O–H groups in total. The van der Waals surface area contributed by atoms with Crippen molar-refractivity contribution < 1.29 is 28.6 Å². The zero-order chi connectivity index (χ0) is 27.4. The molecule has 4 aromatic rings. The number of aliphatic hydroxyl groups excluding tert-OH is 1. The molecule has 1 amide bonds. The molecule has 0 aromatic heterocycles. The first-order chi connectivity index (χ1) is 18.3. The van der Waals surface area contributed by atoms with Crippen LogP contribution in [0.3, 0.4) is 0 Å². The Balaban J connectivity index is 1.77. The first-order valence-electron chi connectivity index (χ1n) is 11.9. The number of ether oxygens (including phenoxy) is 2. The van der Waals surface area contributed by atoms with E-state index in [1.807, 2.05) is 36.4 Å². The van der Waals surface area contributed by atoms with Gasteiger partial charge < -0.3 is 19.9 Å². The van der Waals surface area contributed by atoms with E-state index < -0.39 is 23.7 Å². The molecule has 4 rings (SSSR count). The summed E-state index contributed by atoms with van der Waals surface area (Å²) in [6, 6.07) is 18.0. The van der Waals surface area contributed by atoms with Crippen molar-refractivity contribution in [3.63, 3.8) is 0 Å². The molecule has 0 unspecified atom stereocenters. The molecule has 0 spiro atoms. The van der Waals surface area contributed by atoms with Crippen LogP contribution in [0, 0.1) is 12.7 Å². The summed E-state index contributed by atoms with van der Waals surface area (Å²) in [7, 11) is 2.78. The van der Waals surface area contributed by atoms with Gasteiger partial charge >= 0.3 is 5.97 Å². The predicted molar refractivity (Wildman–Crippen MR) is 145 cm³/mol. The molecule has 0 saturated heterocycles. The summed E-state index contributed by atoms with van der Waals surface area (Å²) < 4.78 is 24.9. The summed E-state index contributed by atoms with van der Waals surface area (Å²) in [6.45, 7) is 1.40. The summed E-state index contributed by atoms with van der Waals surface area (Å²) in [6.07, 6.45) is 0.105. The van der Waals surface area contributed by atoms with Gasteiger partial charge in [-0.1, -0.05) is 66.2 Å². The Labute approximate surface area is 225 Å². The third-order valence-corrected chi connectivity index (χ3v) is 6.95. The Morgan fingerprint density at radius 3 is 2.37 bits per heavy atom. The number of nitrogens with one attached hydrogen (secondary N) is 1. The van der Waals surface area contributed by atoms with Crippen molar-refractivity contribution in [1.29, 1.82) is 0 Å². The van der Waals surface area contributed by atoms with Crippen molar-refractivity contribution in [1.82, 2.24) is 5.32 Å². The van der Waals surface area contributed by atoms with E-state index in [-0.39, 0.29) is 18.6 Å². The Kier molecular flexibility index (Phi) is 8.29. The van der Waals surface area contributed by atoms with Crippen LogP contribution in [0.5, 0.6) is 5.75 Å². The lowest BCUT2D eigenvalue weighted by molar-refractivity contribution is -0.142. The van der Waals surface area contributed by atoms with Crippen LogP contribution in [0.4, 0.5) is 4.39 Å². The lowest BCUT2D eigenvalue weighted by Gasteiger charge is -2.20. The fraction of sp³-hybridized carbons (Fsp3) is 0.200. The van der Waals surface area contributed by atoms with Crippen molar-refractivity contribution in [2.24, 2.45) is 0 Å². The van der Waals surface area contributed by atoms with E-state index in [2.05, 4.69) is 5.32 Å². The number of aliphatic hydroxyl groups is 1. The van der Waals surface area contributed by atoms with Crippen LogP contribution >= 0.6 is 11.6 Å². The van der Waals surface area contributed by atoms with Gasteiger partial charge in [-0.2, -0.15) is 0 Å². The van der Waals surface area contributed by atoms with Gasteiger partial charge in [0.05, 0.1) is 31.4 Å².